The lowest BCUT2D eigenvalue weighted by Gasteiger charge is -2.32. The Balaban J connectivity index is 1.68. The highest BCUT2D eigenvalue weighted by atomic mass is 16.3. The van der Waals surface area contributed by atoms with Crippen molar-refractivity contribution < 1.29 is 10.2 Å². The zero-order valence-corrected chi connectivity index (χ0v) is 13.7. The molecule has 0 amide bonds. The molecule has 2 heteroatoms. The van der Waals surface area contributed by atoms with Crippen molar-refractivity contribution in [1.29, 1.82) is 0 Å². The largest absolute Gasteiger partial charge is 0.396 e. The van der Waals surface area contributed by atoms with Gasteiger partial charge >= 0.3 is 0 Å². The standard InChI is InChI=1S/C22H22O2/c23-13-3-1-2-12-22(24,20-10-8-16-4-6-18(16)14-20)21-11-9-17-5-7-19(17)15-21/h4-11,14-15,23-24H,1-3,12-13H2. The molecule has 0 spiro atoms. The molecule has 2 aliphatic rings. The van der Waals surface area contributed by atoms with E-state index < -0.39 is 5.60 Å². The molecule has 0 saturated carbocycles. The second-order valence-corrected chi connectivity index (χ2v) is 6.75. The third-order valence-corrected chi connectivity index (χ3v) is 5.21. The van der Waals surface area contributed by atoms with Gasteiger partial charge in [0.15, 0.2) is 0 Å². The van der Waals surface area contributed by atoms with Crippen LogP contribution in [-0.2, 0) is 5.60 Å². The van der Waals surface area contributed by atoms with Gasteiger partial charge in [0.2, 0.25) is 0 Å². The monoisotopic (exact) mass is 318 g/mol. The topological polar surface area (TPSA) is 40.5 Å². The van der Waals surface area contributed by atoms with E-state index in [-0.39, 0.29) is 6.61 Å². The number of aliphatic hydroxyl groups excluding tert-OH is 1. The average Bonchev–Trinajstić information content (AvgIpc) is 2.54. The second-order valence-electron chi connectivity index (χ2n) is 6.75. The van der Waals surface area contributed by atoms with Gasteiger partial charge in [0.05, 0.1) is 0 Å². The van der Waals surface area contributed by atoms with E-state index in [1.165, 1.54) is 22.3 Å². The Labute approximate surface area is 142 Å². The van der Waals surface area contributed by atoms with Gasteiger partial charge < -0.3 is 10.2 Å². The third kappa shape index (κ3) is 2.52. The maximum absolute atomic E-state index is 11.6. The van der Waals surface area contributed by atoms with Gasteiger partial charge in [-0.2, -0.15) is 0 Å². The van der Waals surface area contributed by atoms with Gasteiger partial charge in [0, 0.05) is 6.61 Å². The van der Waals surface area contributed by atoms with Crippen molar-refractivity contribution in [2.24, 2.45) is 0 Å². The lowest BCUT2D eigenvalue weighted by atomic mass is 9.78. The summed E-state index contributed by atoms with van der Waals surface area (Å²) in [6.07, 6.45) is 11.6. The number of hydrogen-bond donors (Lipinski definition) is 2. The second kappa shape index (κ2) is 6.04. The zero-order chi connectivity index (χ0) is 16.6. The molecular formula is C22H22O2. The Hall–Kier alpha value is -2.16. The van der Waals surface area contributed by atoms with Crippen LogP contribution in [0.5, 0.6) is 0 Å². The van der Waals surface area contributed by atoms with E-state index in [4.69, 9.17) is 5.11 Å². The summed E-state index contributed by atoms with van der Waals surface area (Å²) in [5.74, 6) is 0. The summed E-state index contributed by atoms with van der Waals surface area (Å²) in [4.78, 5) is 0. The molecule has 2 aliphatic carbocycles. The van der Waals surface area contributed by atoms with Gasteiger partial charge in [0.25, 0.3) is 0 Å². The Morgan fingerprint density at radius 3 is 1.62 bits per heavy atom. The number of hydrogen-bond acceptors (Lipinski definition) is 2. The first kappa shape index (κ1) is 15.4. The van der Waals surface area contributed by atoms with Gasteiger partial charge in [-0.3, -0.25) is 0 Å². The van der Waals surface area contributed by atoms with Gasteiger partial charge in [0.1, 0.15) is 5.60 Å². The van der Waals surface area contributed by atoms with E-state index in [2.05, 4.69) is 48.6 Å². The molecule has 0 unspecified atom stereocenters. The van der Waals surface area contributed by atoms with Crippen molar-refractivity contribution in [3.63, 3.8) is 0 Å². The van der Waals surface area contributed by atoms with Crippen LogP contribution in [0.15, 0.2) is 36.4 Å². The summed E-state index contributed by atoms with van der Waals surface area (Å²) >= 11 is 0. The van der Waals surface area contributed by atoms with E-state index >= 15 is 0 Å². The third-order valence-electron chi connectivity index (χ3n) is 5.21. The van der Waals surface area contributed by atoms with Gasteiger partial charge in [-0.15, -0.1) is 0 Å². The smallest absolute Gasteiger partial charge is 0.115 e. The molecule has 0 fully saturated rings. The lowest BCUT2D eigenvalue weighted by molar-refractivity contribution is 0.0673. The van der Waals surface area contributed by atoms with E-state index in [1.54, 1.807) is 0 Å². The highest BCUT2D eigenvalue weighted by molar-refractivity contribution is 5.87. The molecule has 2 aromatic rings. The Morgan fingerprint density at radius 1 is 0.667 bits per heavy atom. The fourth-order valence-electron chi connectivity index (χ4n) is 3.55. The molecule has 0 bridgehead atoms. The van der Waals surface area contributed by atoms with Crippen LogP contribution >= 0.6 is 0 Å². The first-order valence-corrected chi connectivity index (χ1v) is 8.69. The number of rotatable bonds is 7. The molecule has 2 nitrogen and oxygen atoms in total. The van der Waals surface area contributed by atoms with E-state index in [0.717, 1.165) is 30.4 Å². The van der Waals surface area contributed by atoms with Crippen molar-refractivity contribution in [2.45, 2.75) is 31.3 Å². The van der Waals surface area contributed by atoms with Crippen molar-refractivity contribution in [3.05, 3.63) is 69.8 Å². The van der Waals surface area contributed by atoms with Crippen LogP contribution in [0, 0.1) is 0 Å². The van der Waals surface area contributed by atoms with Gasteiger partial charge in [-0.25, -0.2) is 0 Å². The van der Waals surface area contributed by atoms with Crippen LogP contribution in [0.25, 0.3) is 24.3 Å². The van der Waals surface area contributed by atoms with E-state index in [0.29, 0.717) is 6.42 Å². The molecule has 0 atom stereocenters. The Bertz CT molecular complexity index is 768. The minimum Gasteiger partial charge on any atom is -0.396 e. The van der Waals surface area contributed by atoms with Crippen molar-refractivity contribution in [1.82, 2.24) is 0 Å². The SMILES string of the molecule is OCCCCCC(O)(c1ccc2c(c1)C=C2)c1ccc2c(c1)C=C2. The number of benzene rings is 2. The summed E-state index contributed by atoms with van der Waals surface area (Å²) < 4.78 is 0. The van der Waals surface area contributed by atoms with Crippen LogP contribution in [0.4, 0.5) is 0 Å². The fourth-order valence-corrected chi connectivity index (χ4v) is 3.55. The number of aliphatic hydroxyl groups is 2. The molecule has 4 rings (SSSR count). The molecule has 0 aliphatic heterocycles. The molecule has 2 N–H and O–H groups in total. The van der Waals surface area contributed by atoms with Crippen molar-refractivity contribution in [2.75, 3.05) is 6.61 Å². The molecule has 0 heterocycles. The molecule has 0 aromatic heterocycles. The summed E-state index contributed by atoms with van der Waals surface area (Å²) in [7, 11) is 0. The maximum Gasteiger partial charge on any atom is 0.115 e. The van der Waals surface area contributed by atoms with Crippen LogP contribution < -0.4 is 0 Å². The van der Waals surface area contributed by atoms with Gasteiger partial charge in [-0.1, -0.05) is 55.0 Å². The first-order valence-electron chi connectivity index (χ1n) is 8.69. The van der Waals surface area contributed by atoms with Crippen molar-refractivity contribution >= 4 is 24.3 Å². The maximum atomic E-state index is 11.6. The summed E-state index contributed by atoms with van der Waals surface area (Å²) in [6, 6.07) is 12.5. The van der Waals surface area contributed by atoms with E-state index in [9.17, 15) is 5.11 Å². The number of fused-ring (bicyclic) bond motifs is 2. The fraction of sp³-hybridized carbons (Fsp3) is 0.273. The van der Waals surface area contributed by atoms with Crippen LogP contribution in [0.1, 0.15) is 59.1 Å². The Kier molecular flexibility index (Phi) is 3.87. The quantitative estimate of drug-likeness (QED) is 0.494. The lowest BCUT2D eigenvalue weighted by Crippen LogP contribution is -2.28. The normalized spacial score (nSPS) is 13.9. The predicted molar refractivity (Wildman–Crippen MR) is 99.3 cm³/mol. The van der Waals surface area contributed by atoms with Gasteiger partial charge in [-0.05, 0) is 64.8 Å². The molecule has 2 aromatic carbocycles. The summed E-state index contributed by atoms with van der Waals surface area (Å²) in [5.41, 5.74) is 5.81. The average molecular weight is 318 g/mol. The zero-order valence-electron chi connectivity index (χ0n) is 13.7. The predicted octanol–water partition coefficient (Wildman–Crippen LogP) is 4.44. The van der Waals surface area contributed by atoms with Crippen LogP contribution in [0.2, 0.25) is 0 Å². The molecule has 24 heavy (non-hydrogen) atoms. The summed E-state index contributed by atoms with van der Waals surface area (Å²) in [5, 5.41) is 20.6. The highest BCUT2D eigenvalue weighted by Gasteiger charge is 2.32. The van der Waals surface area contributed by atoms with Crippen LogP contribution in [-0.4, -0.2) is 16.8 Å². The molecule has 0 radical (unpaired) electrons. The minimum absolute atomic E-state index is 0.214. The Morgan fingerprint density at radius 2 is 1.21 bits per heavy atom. The summed E-state index contributed by atoms with van der Waals surface area (Å²) in [6.45, 7) is 0.214. The molecular weight excluding hydrogens is 296 g/mol. The first-order chi connectivity index (χ1) is 11.7. The molecule has 122 valence electrons. The van der Waals surface area contributed by atoms with Crippen molar-refractivity contribution in [3.8, 4) is 0 Å². The molecule has 0 saturated heterocycles. The number of unbranched alkanes of at least 4 members (excludes halogenated alkanes) is 2. The van der Waals surface area contributed by atoms with E-state index in [1.807, 2.05) is 12.1 Å². The highest BCUT2D eigenvalue weighted by Crippen LogP contribution is 2.39. The van der Waals surface area contributed by atoms with Crippen LogP contribution in [0.3, 0.4) is 0 Å². The minimum atomic E-state index is -0.980.